The number of benzene rings is 1. The molecule has 0 atom stereocenters. The molecule has 0 aliphatic carbocycles. The Morgan fingerprint density at radius 3 is 2.78 bits per heavy atom. The molecule has 1 N–H and O–H groups in total. The van der Waals surface area contributed by atoms with Gasteiger partial charge in [0.05, 0.1) is 0 Å². The van der Waals surface area contributed by atoms with Crippen LogP contribution in [0.2, 0.25) is 0 Å². The normalized spacial score (nSPS) is 13.7. The number of hydrogen-bond donors (Lipinski definition) is 1. The van der Waals surface area contributed by atoms with E-state index in [0.29, 0.717) is 0 Å². The summed E-state index contributed by atoms with van der Waals surface area (Å²) in [6.45, 7) is 7.12. The Hall–Kier alpha value is -2.10. The molecule has 1 aromatic carbocycles. The highest BCUT2D eigenvalue weighted by molar-refractivity contribution is 5.46. The van der Waals surface area contributed by atoms with E-state index in [0.717, 1.165) is 43.5 Å². The topological polar surface area (TPSA) is 41.1 Å². The molecule has 0 saturated carbocycles. The zero-order chi connectivity index (χ0) is 16.1. The summed E-state index contributed by atoms with van der Waals surface area (Å²) in [4.78, 5) is 11.7. The summed E-state index contributed by atoms with van der Waals surface area (Å²) in [6, 6.07) is 10.7. The second-order valence-corrected chi connectivity index (χ2v) is 6.27. The van der Waals surface area contributed by atoms with E-state index in [2.05, 4.69) is 46.4 Å². The van der Waals surface area contributed by atoms with E-state index in [-0.39, 0.29) is 0 Å². The Balaban J connectivity index is 1.71. The Kier molecular flexibility index (Phi) is 5.11. The number of rotatable bonds is 6. The van der Waals surface area contributed by atoms with Crippen LogP contribution < -0.4 is 10.2 Å². The third kappa shape index (κ3) is 4.01. The van der Waals surface area contributed by atoms with Crippen molar-refractivity contribution in [2.24, 2.45) is 0 Å². The predicted octanol–water partition coefficient (Wildman–Crippen LogP) is 3.95. The second-order valence-electron chi connectivity index (χ2n) is 6.27. The molecule has 2 heterocycles. The minimum absolute atomic E-state index is 0.845. The van der Waals surface area contributed by atoms with Gasteiger partial charge in [-0.05, 0) is 30.9 Å². The van der Waals surface area contributed by atoms with E-state index in [9.17, 15) is 0 Å². The lowest BCUT2D eigenvalue weighted by Gasteiger charge is -2.29. The molecule has 0 spiro atoms. The van der Waals surface area contributed by atoms with Crippen molar-refractivity contribution in [3.8, 4) is 0 Å². The first-order chi connectivity index (χ1) is 11.3. The van der Waals surface area contributed by atoms with Crippen LogP contribution in [0, 0.1) is 6.92 Å². The van der Waals surface area contributed by atoms with Gasteiger partial charge in [-0.2, -0.15) is 4.98 Å². The lowest BCUT2D eigenvalue weighted by atomic mass is 10.0. The molecule has 0 saturated heterocycles. The van der Waals surface area contributed by atoms with Crippen LogP contribution in [0.4, 0.5) is 11.8 Å². The molecule has 122 valence electrons. The Morgan fingerprint density at radius 2 is 1.96 bits per heavy atom. The van der Waals surface area contributed by atoms with Gasteiger partial charge in [0.1, 0.15) is 5.82 Å². The van der Waals surface area contributed by atoms with Crippen molar-refractivity contribution in [2.75, 3.05) is 23.3 Å². The highest BCUT2D eigenvalue weighted by atomic mass is 15.3. The van der Waals surface area contributed by atoms with Crippen LogP contribution in [0.3, 0.4) is 0 Å². The molecule has 1 aliphatic rings. The van der Waals surface area contributed by atoms with Gasteiger partial charge in [0, 0.05) is 31.4 Å². The Labute approximate surface area is 139 Å². The number of hydrogen-bond acceptors (Lipinski definition) is 4. The molecule has 4 heteroatoms. The van der Waals surface area contributed by atoms with Gasteiger partial charge in [-0.25, -0.2) is 4.98 Å². The fourth-order valence-corrected chi connectivity index (χ4v) is 3.04. The number of nitrogens with one attached hydrogen (secondary N) is 1. The quantitative estimate of drug-likeness (QED) is 0.820. The first-order valence-electron chi connectivity index (χ1n) is 8.67. The predicted molar refractivity (Wildman–Crippen MR) is 96.0 cm³/mol. The monoisotopic (exact) mass is 310 g/mol. The van der Waals surface area contributed by atoms with Crippen LogP contribution in [0.1, 0.15) is 43.0 Å². The van der Waals surface area contributed by atoms with Gasteiger partial charge in [-0.15, -0.1) is 0 Å². The third-order valence-corrected chi connectivity index (χ3v) is 4.34. The zero-order valence-electron chi connectivity index (χ0n) is 14.2. The molecule has 0 amide bonds. The lowest BCUT2D eigenvalue weighted by Crippen LogP contribution is -2.32. The molecule has 2 aromatic rings. The lowest BCUT2D eigenvalue weighted by molar-refractivity contribution is 0.704. The van der Waals surface area contributed by atoms with Crippen LogP contribution in [0.5, 0.6) is 0 Å². The SMILES string of the molecule is CCCCCNc1cc(C)nc(N2CCc3ccccc3C2)n1. The summed E-state index contributed by atoms with van der Waals surface area (Å²) in [6.07, 6.45) is 4.74. The molecule has 0 unspecified atom stereocenters. The van der Waals surface area contributed by atoms with Crippen molar-refractivity contribution < 1.29 is 0 Å². The summed E-state index contributed by atoms with van der Waals surface area (Å²) >= 11 is 0. The number of nitrogens with zero attached hydrogens (tertiary/aromatic N) is 3. The number of aromatic nitrogens is 2. The van der Waals surface area contributed by atoms with E-state index in [1.54, 1.807) is 0 Å². The van der Waals surface area contributed by atoms with Gasteiger partial charge in [0.25, 0.3) is 0 Å². The molecule has 0 bridgehead atoms. The minimum Gasteiger partial charge on any atom is -0.370 e. The molecular weight excluding hydrogens is 284 g/mol. The Bertz CT molecular complexity index is 654. The third-order valence-electron chi connectivity index (χ3n) is 4.34. The summed E-state index contributed by atoms with van der Waals surface area (Å²) in [5.41, 5.74) is 3.86. The number of anilines is 2. The van der Waals surface area contributed by atoms with Gasteiger partial charge in [0.2, 0.25) is 5.95 Å². The first kappa shape index (κ1) is 15.8. The van der Waals surface area contributed by atoms with Gasteiger partial charge in [-0.3, -0.25) is 0 Å². The molecule has 23 heavy (non-hydrogen) atoms. The number of unbranched alkanes of at least 4 members (excludes halogenated alkanes) is 2. The molecule has 3 rings (SSSR count). The molecule has 4 nitrogen and oxygen atoms in total. The maximum Gasteiger partial charge on any atom is 0.227 e. The highest BCUT2D eigenvalue weighted by Crippen LogP contribution is 2.23. The maximum atomic E-state index is 4.73. The minimum atomic E-state index is 0.845. The van der Waals surface area contributed by atoms with E-state index in [1.165, 1.54) is 30.4 Å². The summed E-state index contributed by atoms with van der Waals surface area (Å²) in [5.74, 6) is 1.79. The zero-order valence-corrected chi connectivity index (χ0v) is 14.2. The van der Waals surface area contributed by atoms with Crippen molar-refractivity contribution >= 4 is 11.8 Å². The molecular formula is C19H26N4. The fraction of sp³-hybridized carbons (Fsp3) is 0.474. The van der Waals surface area contributed by atoms with Crippen LogP contribution in [-0.2, 0) is 13.0 Å². The molecule has 0 fully saturated rings. The van der Waals surface area contributed by atoms with Crippen LogP contribution in [0.25, 0.3) is 0 Å². The molecule has 1 aromatic heterocycles. The average molecular weight is 310 g/mol. The van der Waals surface area contributed by atoms with Crippen LogP contribution >= 0.6 is 0 Å². The molecule has 0 radical (unpaired) electrons. The van der Waals surface area contributed by atoms with E-state index >= 15 is 0 Å². The van der Waals surface area contributed by atoms with E-state index in [1.807, 2.05) is 13.0 Å². The van der Waals surface area contributed by atoms with Crippen molar-refractivity contribution in [3.05, 3.63) is 47.2 Å². The molecule has 1 aliphatic heterocycles. The number of aryl methyl sites for hydroxylation is 1. The first-order valence-corrected chi connectivity index (χ1v) is 8.67. The largest absolute Gasteiger partial charge is 0.370 e. The van der Waals surface area contributed by atoms with Gasteiger partial charge in [-0.1, -0.05) is 44.0 Å². The second kappa shape index (κ2) is 7.44. The Morgan fingerprint density at radius 1 is 1.13 bits per heavy atom. The van der Waals surface area contributed by atoms with Crippen LogP contribution in [0.15, 0.2) is 30.3 Å². The van der Waals surface area contributed by atoms with Gasteiger partial charge >= 0.3 is 0 Å². The van der Waals surface area contributed by atoms with E-state index in [4.69, 9.17) is 4.98 Å². The van der Waals surface area contributed by atoms with Crippen molar-refractivity contribution in [3.63, 3.8) is 0 Å². The van der Waals surface area contributed by atoms with E-state index < -0.39 is 0 Å². The van der Waals surface area contributed by atoms with Gasteiger partial charge < -0.3 is 10.2 Å². The van der Waals surface area contributed by atoms with Crippen molar-refractivity contribution in [1.82, 2.24) is 9.97 Å². The van der Waals surface area contributed by atoms with Gasteiger partial charge in [0.15, 0.2) is 0 Å². The van der Waals surface area contributed by atoms with Crippen molar-refractivity contribution in [1.29, 1.82) is 0 Å². The maximum absolute atomic E-state index is 4.73. The smallest absolute Gasteiger partial charge is 0.227 e. The van der Waals surface area contributed by atoms with Crippen molar-refractivity contribution in [2.45, 2.75) is 46.1 Å². The van der Waals surface area contributed by atoms with Crippen LogP contribution in [-0.4, -0.2) is 23.1 Å². The average Bonchev–Trinajstić information content (AvgIpc) is 2.58. The summed E-state index contributed by atoms with van der Waals surface area (Å²) in [5, 5.41) is 3.44. The number of fused-ring (bicyclic) bond motifs is 1. The summed E-state index contributed by atoms with van der Waals surface area (Å²) < 4.78 is 0. The summed E-state index contributed by atoms with van der Waals surface area (Å²) in [7, 11) is 0. The standard InChI is InChI=1S/C19H26N4/c1-3-4-7-11-20-18-13-15(2)21-19(22-18)23-12-10-16-8-5-6-9-17(16)14-23/h5-6,8-9,13H,3-4,7,10-12,14H2,1-2H3,(H,20,21,22). The highest BCUT2D eigenvalue weighted by Gasteiger charge is 2.18. The fourth-order valence-electron chi connectivity index (χ4n) is 3.04.